The summed E-state index contributed by atoms with van der Waals surface area (Å²) in [5, 5.41) is 3.66. The van der Waals surface area contributed by atoms with E-state index >= 15 is 0 Å². The van der Waals surface area contributed by atoms with Gasteiger partial charge in [0.25, 0.3) is 0 Å². The topological polar surface area (TPSA) is 29.0 Å². The third-order valence-corrected chi connectivity index (χ3v) is 5.87. The van der Waals surface area contributed by atoms with Crippen LogP contribution in [-0.2, 0) is 0 Å². The monoisotopic (exact) mass is 357 g/mol. The van der Waals surface area contributed by atoms with Crippen molar-refractivity contribution in [3.05, 3.63) is 40.5 Å². The maximum absolute atomic E-state index is 6.21. The Hall–Kier alpha value is -1.65. The molecule has 24 heavy (non-hydrogen) atoms. The van der Waals surface area contributed by atoms with Gasteiger partial charge in [-0.15, -0.1) is 11.3 Å². The third kappa shape index (κ3) is 2.89. The minimum Gasteiger partial charge on any atom is -0.356 e. The van der Waals surface area contributed by atoms with E-state index in [1.54, 1.807) is 11.3 Å². The second-order valence-corrected chi connectivity index (χ2v) is 7.88. The number of hydrogen-bond donors (Lipinski definition) is 0. The molecule has 4 rings (SSSR count). The lowest BCUT2D eigenvalue weighted by molar-refractivity contribution is 0.437. The smallest absolute Gasteiger partial charge is 0.225 e. The zero-order valence-electron chi connectivity index (χ0n) is 13.9. The van der Waals surface area contributed by atoms with Crippen molar-refractivity contribution in [3.8, 4) is 11.1 Å². The van der Waals surface area contributed by atoms with E-state index in [1.807, 2.05) is 0 Å². The Bertz CT molecular complexity index is 864. The molecule has 0 aliphatic carbocycles. The second kappa shape index (κ2) is 6.34. The molecule has 0 spiro atoms. The van der Waals surface area contributed by atoms with Gasteiger partial charge in [-0.25, -0.2) is 4.98 Å². The summed E-state index contributed by atoms with van der Waals surface area (Å²) in [6, 6.07) is 8.65. The van der Waals surface area contributed by atoms with Crippen molar-refractivity contribution in [2.45, 2.75) is 26.7 Å². The summed E-state index contributed by atoms with van der Waals surface area (Å²) in [5.74, 6) is 1.78. The Morgan fingerprint density at radius 3 is 2.54 bits per heavy atom. The Kier molecular flexibility index (Phi) is 4.19. The van der Waals surface area contributed by atoms with E-state index < -0.39 is 0 Å². The van der Waals surface area contributed by atoms with Crippen LogP contribution < -0.4 is 4.90 Å². The normalized spacial score (nSPS) is 16.0. The lowest BCUT2D eigenvalue weighted by Crippen LogP contribution is -2.33. The molecule has 3 heterocycles. The standard InChI is InChI=1S/C19H20ClN3S/c1-12-3-5-14(6-4-12)15-11-24-18-16(15)17(21-19(20)22-18)23-9-7-13(2)8-10-23/h3-6,11,13H,7-10H2,1-2H3. The average Bonchev–Trinajstić information content (AvgIpc) is 2.99. The number of piperidine rings is 1. The molecular formula is C19H20ClN3S. The molecule has 2 aromatic heterocycles. The van der Waals surface area contributed by atoms with Crippen molar-refractivity contribution < 1.29 is 0 Å². The molecule has 3 nitrogen and oxygen atoms in total. The number of thiophene rings is 1. The minimum absolute atomic E-state index is 0.341. The number of benzene rings is 1. The molecule has 5 heteroatoms. The van der Waals surface area contributed by atoms with Gasteiger partial charge in [0.05, 0.1) is 5.39 Å². The van der Waals surface area contributed by atoms with E-state index in [2.05, 4.69) is 58.4 Å². The molecule has 1 aliphatic rings. The zero-order chi connectivity index (χ0) is 16.7. The zero-order valence-corrected chi connectivity index (χ0v) is 15.5. The molecule has 124 valence electrons. The molecule has 0 saturated carbocycles. The van der Waals surface area contributed by atoms with Gasteiger partial charge in [-0.2, -0.15) is 4.98 Å². The molecule has 0 amide bonds. The lowest BCUT2D eigenvalue weighted by atomic mass is 9.98. The molecule has 0 radical (unpaired) electrons. The molecular weight excluding hydrogens is 338 g/mol. The van der Waals surface area contributed by atoms with Crippen molar-refractivity contribution in [2.75, 3.05) is 18.0 Å². The maximum atomic E-state index is 6.21. The van der Waals surface area contributed by atoms with Crippen LogP contribution in [0.15, 0.2) is 29.6 Å². The van der Waals surface area contributed by atoms with E-state index in [0.29, 0.717) is 5.28 Å². The SMILES string of the molecule is Cc1ccc(-c2csc3nc(Cl)nc(N4CCC(C)CC4)c23)cc1. The van der Waals surface area contributed by atoms with Crippen molar-refractivity contribution in [3.63, 3.8) is 0 Å². The second-order valence-electron chi connectivity index (χ2n) is 6.68. The fourth-order valence-corrected chi connectivity index (χ4v) is 4.45. The molecule has 1 saturated heterocycles. The first kappa shape index (κ1) is 15.9. The number of rotatable bonds is 2. The number of hydrogen-bond acceptors (Lipinski definition) is 4. The molecule has 3 aromatic rings. The van der Waals surface area contributed by atoms with Gasteiger partial charge < -0.3 is 4.90 Å². The van der Waals surface area contributed by atoms with Gasteiger partial charge in [-0.05, 0) is 42.8 Å². The maximum Gasteiger partial charge on any atom is 0.225 e. The summed E-state index contributed by atoms with van der Waals surface area (Å²) in [6.45, 7) is 6.50. The Labute approximate surface area is 151 Å². The molecule has 0 atom stereocenters. The number of anilines is 1. The predicted octanol–water partition coefficient (Wildman–Crippen LogP) is 5.56. The minimum atomic E-state index is 0.341. The van der Waals surface area contributed by atoms with Crippen LogP contribution in [0.25, 0.3) is 21.3 Å². The van der Waals surface area contributed by atoms with E-state index in [0.717, 1.165) is 35.0 Å². The highest BCUT2D eigenvalue weighted by Crippen LogP contribution is 2.39. The average molecular weight is 358 g/mol. The molecule has 1 fully saturated rings. The Morgan fingerprint density at radius 1 is 1.12 bits per heavy atom. The highest BCUT2D eigenvalue weighted by Gasteiger charge is 2.22. The summed E-state index contributed by atoms with van der Waals surface area (Å²) < 4.78 is 0. The molecule has 0 bridgehead atoms. The van der Waals surface area contributed by atoms with Crippen LogP contribution in [-0.4, -0.2) is 23.1 Å². The first-order valence-electron chi connectivity index (χ1n) is 8.38. The summed E-state index contributed by atoms with van der Waals surface area (Å²) in [6.07, 6.45) is 2.40. The lowest BCUT2D eigenvalue weighted by Gasteiger charge is -2.31. The van der Waals surface area contributed by atoms with Gasteiger partial charge in [0.15, 0.2) is 0 Å². The first-order valence-corrected chi connectivity index (χ1v) is 9.64. The van der Waals surface area contributed by atoms with Gasteiger partial charge in [0, 0.05) is 24.0 Å². The van der Waals surface area contributed by atoms with Crippen LogP contribution in [0.1, 0.15) is 25.3 Å². The molecule has 1 aliphatic heterocycles. The third-order valence-electron chi connectivity index (χ3n) is 4.83. The number of nitrogens with zero attached hydrogens (tertiary/aromatic N) is 3. The largest absolute Gasteiger partial charge is 0.356 e. The molecule has 1 aromatic carbocycles. The number of fused-ring (bicyclic) bond motifs is 1. The van der Waals surface area contributed by atoms with Gasteiger partial charge >= 0.3 is 0 Å². The predicted molar refractivity (Wildman–Crippen MR) is 103 cm³/mol. The van der Waals surface area contributed by atoms with Crippen LogP contribution in [0.3, 0.4) is 0 Å². The van der Waals surface area contributed by atoms with Gasteiger partial charge in [-0.3, -0.25) is 0 Å². The van der Waals surface area contributed by atoms with E-state index in [1.165, 1.54) is 29.5 Å². The number of aryl methyl sites for hydroxylation is 1. The van der Waals surface area contributed by atoms with Crippen molar-refractivity contribution >= 4 is 39.0 Å². The summed E-state index contributed by atoms with van der Waals surface area (Å²) in [7, 11) is 0. The fourth-order valence-electron chi connectivity index (χ4n) is 3.29. The van der Waals surface area contributed by atoms with Gasteiger partial charge in [0.2, 0.25) is 5.28 Å². The number of aromatic nitrogens is 2. The molecule has 0 unspecified atom stereocenters. The van der Waals surface area contributed by atoms with Crippen LogP contribution in [0.4, 0.5) is 5.82 Å². The summed E-state index contributed by atoms with van der Waals surface area (Å²) in [4.78, 5) is 12.4. The number of halogens is 1. The van der Waals surface area contributed by atoms with Crippen molar-refractivity contribution in [1.29, 1.82) is 0 Å². The quantitative estimate of drug-likeness (QED) is 0.562. The van der Waals surface area contributed by atoms with Crippen molar-refractivity contribution in [2.24, 2.45) is 5.92 Å². The first-order chi connectivity index (χ1) is 11.6. The van der Waals surface area contributed by atoms with Crippen LogP contribution in [0, 0.1) is 12.8 Å². The summed E-state index contributed by atoms with van der Waals surface area (Å²) in [5.41, 5.74) is 3.69. The van der Waals surface area contributed by atoms with Crippen LogP contribution >= 0.6 is 22.9 Å². The van der Waals surface area contributed by atoms with E-state index in [4.69, 9.17) is 11.6 Å². The van der Waals surface area contributed by atoms with E-state index in [-0.39, 0.29) is 0 Å². The van der Waals surface area contributed by atoms with Gasteiger partial charge in [-0.1, -0.05) is 36.8 Å². The van der Waals surface area contributed by atoms with Gasteiger partial charge in [0.1, 0.15) is 10.6 Å². The van der Waals surface area contributed by atoms with E-state index in [9.17, 15) is 0 Å². The Morgan fingerprint density at radius 2 is 1.83 bits per heavy atom. The van der Waals surface area contributed by atoms with Crippen molar-refractivity contribution in [1.82, 2.24) is 9.97 Å². The fraction of sp³-hybridized carbons (Fsp3) is 0.368. The molecule has 0 N–H and O–H groups in total. The van der Waals surface area contributed by atoms with Crippen LogP contribution in [0.2, 0.25) is 5.28 Å². The van der Waals surface area contributed by atoms with Crippen LogP contribution in [0.5, 0.6) is 0 Å². The highest BCUT2D eigenvalue weighted by atomic mass is 35.5. The highest BCUT2D eigenvalue weighted by molar-refractivity contribution is 7.17. The Balaban J connectivity index is 1.86. The summed E-state index contributed by atoms with van der Waals surface area (Å²) >= 11 is 7.85.